The zero-order chi connectivity index (χ0) is 26.3. The van der Waals surface area contributed by atoms with Crippen LogP contribution in [0.25, 0.3) is 6.08 Å². The van der Waals surface area contributed by atoms with Crippen LogP contribution in [-0.2, 0) is 10.5 Å². The highest BCUT2D eigenvalue weighted by Crippen LogP contribution is 2.34. The number of benzene rings is 3. The normalized spacial score (nSPS) is 15.7. The fourth-order valence-electron chi connectivity index (χ4n) is 3.75. The van der Waals surface area contributed by atoms with Gasteiger partial charge in [0.15, 0.2) is 16.7 Å². The molecule has 0 spiro atoms. The van der Waals surface area contributed by atoms with E-state index in [1.807, 2.05) is 78.9 Å². The Labute approximate surface area is 229 Å². The van der Waals surface area contributed by atoms with Crippen molar-refractivity contribution < 1.29 is 19.0 Å². The first-order valence-corrected chi connectivity index (χ1v) is 13.5. The number of amides is 1. The van der Waals surface area contributed by atoms with Gasteiger partial charge in [-0.15, -0.1) is 0 Å². The van der Waals surface area contributed by atoms with E-state index in [2.05, 4.69) is 9.39 Å². The Morgan fingerprint density at radius 1 is 0.921 bits per heavy atom. The van der Waals surface area contributed by atoms with Crippen molar-refractivity contribution in [3.63, 3.8) is 0 Å². The molecule has 1 amide bonds. The van der Waals surface area contributed by atoms with E-state index in [4.69, 9.17) is 19.6 Å². The molecule has 38 heavy (non-hydrogen) atoms. The minimum atomic E-state index is -0.479. The summed E-state index contributed by atoms with van der Waals surface area (Å²) in [6.45, 7) is 0.582. The summed E-state index contributed by atoms with van der Waals surface area (Å²) in [5.41, 5.74) is 1.98. The quantitative estimate of drug-likeness (QED) is 0.211. The second-order valence-electron chi connectivity index (χ2n) is 8.07. The number of rotatable bonds is 9. The zero-order valence-corrected chi connectivity index (χ0v) is 22.1. The second kappa shape index (κ2) is 12.0. The molecule has 0 bridgehead atoms. The Kier molecular flexibility index (Phi) is 8.10. The van der Waals surface area contributed by atoms with Crippen LogP contribution in [0.3, 0.4) is 0 Å². The lowest BCUT2D eigenvalue weighted by Crippen LogP contribution is -2.41. The van der Waals surface area contributed by atoms with E-state index in [9.17, 15) is 4.79 Å². The molecule has 2 aliphatic rings. The average molecular weight is 545 g/mol. The molecule has 2 aliphatic heterocycles. The third-order valence-electron chi connectivity index (χ3n) is 5.59. The van der Waals surface area contributed by atoms with E-state index in [0.717, 1.165) is 17.5 Å². The highest BCUT2D eigenvalue weighted by atomic mass is 32.2. The van der Waals surface area contributed by atoms with Crippen LogP contribution in [0.4, 0.5) is 0 Å². The Balaban J connectivity index is 1.27. The smallest absolute Gasteiger partial charge is 0.283 e. The molecule has 3 aromatic carbocycles. The van der Waals surface area contributed by atoms with Crippen molar-refractivity contribution in [3.8, 4) is 17.2 Å². The molecule has 3 aromatic rings. The van der Waals surface area contributed by atoms with E-state index in [-0.39, 0.29) is 18.0 Å². The van der Waals surface area contributed by atoms with Gasteiger partial charge in [-0.2, -0.15) is 9.39 Å². The van der Waals surface area contributed by atoms with Crippen LogP contribution in [0.1, 0.15) is 11.1 Å². The van der Waals surface area contributed by atoms with Crippen molar-refractivity contribution >= 4 is 51.9 Å². The first kappa shape index (κ1) is 25.6. The van der Waals surface area contributed by atoms with Crippen LogP contribution in [0, 0.1) is 5.41 Å². The Bertz CT molecular complexity index is 1440. The maximum absolute atomic E-state index is 12.9. The third-order valence-corrected chi connectivity index (χ3v) is 7.42. The van der Waals surface area contributed by atoms with Crippen molar-refractivity contribution in [2.45, 2.75) is 5.75 Å². The van der Waals surface area contributed by atoms with Gasteiger partial charge in [0, 0.05) is 11.3 Å². The van der Waals surface area contributed by atoms with Gasteiger partial charge in [-0.25, -0.2) is 4.90 Å². The minimum absolute atomic E-state index is 0.0404. The number of methoxy groups -OCH3 is 1. The molecule has 2 heterocycles. The first-order chi connectivity index (χ1) is 18.6. The molecule has 0 fully saturated rings. The van der Waals surface area contributed by atoms with Gasteiger partial charge in [0.1, 0.15) is 24.8 Å². The number of nitrogens with one attached hydrogen (secondary N) is 1. The summed E-state index contributed by atoms with van der Waals surface area (Å²) >= 11 is 2.61. The summed E-state index contributed by atoms with van der Waals surface area (Å²) in [4.78, 5) is 18.7. The molecule has 10 heteroatoms. The number of aliphatic imine (C=N–C) groups is 1. The molecular weight excluding hydrogens is 520 g/mol. The van der Waals surface area contributed by atoms with Crippen molar-refractivity contribution in [1.82, 2.24) is 4.90 Å². The molecule has 0 saturated carbocycles. The number of hydrogen-bond acceptors (Lipinski definition) is 8. The number of amidine groups is 3. The van der Waals surface area contributed by atoms with Gasteiger partial charge < -0.3 is 14.2 Å². The van der Waals surface area contributed by atoms with Gasteiger partial charge in [0.25, 0.3) is 5.91 Å². The van der Waals surface area contributed by atoms with Crippen LogP contribution in [-0.4, -0.2) is 47.3 Å². The zero-order valence-electron chi connectivity index (χ0n) is 20.5. The first-order valence-electron chi connectivity index (χ1n) is 11.8. The summed E-state index contributed by atoms with van der Waals surface area (Å²) in [6.07, 6.45) is 1.64. The SMILES string of the molecule is COc1ccccc1OCCOc1ccccc1C=C1C(=N)N2C(SCc3ccccc3)=NSC2=NC1=O. The second-order valence-corrected chi connectivity index (χ2v) is 9.74. The van der Waals surface area contributed by atoms with Gasteiger partial charge in [-0.3, -0.25) is 10.2 Å². The predicted molar refractivity (Wildman–Crippen MR) is 153 cm³/mol. The Morgan fingerprint density at radius 3 is 2.34 bits per heavy atom. The lowest BCUT2D eigenvalue weighted by atomic mass is 10.1. The minimum Gasteiger partial charge on any atom is -0.493 e. The van der Waals surface area contributed by atoms with Crippen LogP contribution >= 0.6 is 23.7 Å². The van der Waals surface area contributed by atoms with Crippen molar-refractivity contribution in [2.24, 2.45) is 9.39 Å². The lowest BCUT2D eigenvalue weighted by molar-refractivity contribution is -0.114. The number of hydrogen-bond donors (Lipinski definition) is 1. The number of ether oxygens (including phenoxy) is 3. The van der Waals surface area contributed by atoms with Crippen molar-refractivity contribution in [2.75, 3.05) is 20.3 Å². The largest absolute Gasteiger partial charge is 0.493 e. The van der Waals surface area contributed by atoms with Crippen LogP contribution in [0.15, 0.2) is 93.8 Å². The third kappa shape index (κ3) is 5.76. The van der Waals surface area contributed by atoms with E-state index in [1.165, 1.54) is 11.8 Å². The van der Waals surface area contributed by atoms with E-state index in [1.54, 1.807) is 18.1 Å². The maximum atomic E-state index is 12.9. The molecule has 0 aromatic heterocycles. The number of fused-ring (bicyclic) bond motifs is 1. The lowest BCUT2D eigenvalue weighted by Gasteiger charge is -2.24. The van der Waals surface area contributed by atoms with Crippen molar-refractivity contribution in [1.29, 1.82) is 5.41 Å². The molecule has 0 unspecified atom stereocenters. The van der Waals surface area contributed by atoms with Gasteiger partial charge >= 0.3 is 0 Å². The van der Waals surface area contributed by atoms with Gasteiger partial charge in [0.05, 0.1) is 24.6 Å². The fourth-order valence-corrected chi connectivity index (χ4v) is 5.55. The van der Waals surface area contributed by atoms with Gasteiger partial charge in [-0.05, 0) is 29.8 Å². The molecule has 5 rings (SSSR count). The molecule has 0 radical (unpaired) electrons. The molecule has 0 saturated heterocycles. The van der Waals surface area contributed by atoms with Crippen molar-refractivity contribution in [3.05, 3.63) is 95.6 Å². The topological polar surface area (TPSA) is 96.6 Å². The van der Waals surface area contributed by atoms with Gasteiger partial charge in [0.2, 0.25) is 5.17 Å². The summed E-state index contributed by atoms with van der Waals surface area (Å²) in [7, 11) is 1.59. The Hall–Kier alpha value is -4.02. The Morgan fingerprint density at radius 2 is 1.58 bits per heavy atom. The van der Waals surface area contributed by atoms with Crippen LogP contribution < -0.4 is 14.2 Å². The average Bonchev–Trinajstić information content (AvgIpc) is 3.36. The van der Waals surface area contributed by atoms with Gasteiger partial charge in [-0.1, -0.05) is 72.4 Å². The number of thioether (sulfide) groups is 1. The number of nitrogens with zero attached hydrogens (tertiary/aromatic N) is 3. The molecule has 0 atom stereocenters. The number of para-hydroxylation sites is 3. The monoisotopic (exact) mass is 544 g/mol. The van der Waals surface area contributed by atoms with E-state index in [0.29, 0.717) is 45.5 Å². The summed E-state index contributed by atoms with van der Waals surface area (Å²) in [5, 5.41) is 9.83. The predicted octanol–water partition coefficient (Wildman–Crippen LogP) is 5.66. The van der Waals surface area contributed by atoms with E-state index < -0.39 is 5.91 Å². The van der Waals surface area contributed by atoms with Crippen LogP contribution in [0.5, 0.6) is 17.2 Å². The van der Waals surface area contributed by atoms with Crippen LogP contribution in [0.2, 0.25) is 0 Å². The molecule has 8 nitrogen and oxygen atoms in total. The molecule has 1 N–H and O–H groups in total. The summed E-state index contributed by atoms with van der Waals surface area (Å²) < 4.78 is 21.5. The summed E-state index contributed by atoms with van der Waals surface area (Å²) in [5.74, 6) is 2.11. The highest BCUT2D eigenvalue weighted by Gasteiger charge is 2.37. The fraction of sp³-hybridized carbons (Fsp3) is 0.143. The molecule has 0 aliphatic carbocycles. The molecule has 192 valence electrons. The number of carbonyl (C=O) groups excluding carboxylic acids is 1. The number of carbonyl (C=O) groups is 1. The van der Waals surface area contributed by atoms with E-state index >= 15 is 0 Å². The highest BCUT2D eigenvalue weighted by molar-refractivity contribution is 8.18. The standard InChI is InChI=1S/C28H24N4O4S2/c1-34-23-13-7-8-14-24(23)36-16-15-35-22-12-6-5-11-20(22)17-21-25(29)32-27(30-26(21)33)38-31-28(32)37-18-19-9-3-2-4-10-19/h2-14,17,29H,15-16,18H2,1H3. The molecular formula is C28H24N4O4S2. The maximum Gasteiger partial charge on any atom is 0.283 e. The summed E-state index contributed by atoms with van der Waals surface area (Å²) in [6, 6.07) is 24.8.